The molecule has 1 rings (SSSR count). The summed E-state index contributed by atoms with van der Waals surface area (Å²) in [6.45, 7) is 5.64. The molecular weight excluding hydrogens is 196 g/mol. The molecule has 2 nitrogen and oxygen atoms in total. The topological polar surface area (TPSA) is 15.3 Å². The van der Waals surface area contributed by atoms with Crippen molar-refractivity contribution in [2.75, 3.05) is 27.2 Å². The molecule has 0 amide bonds. The Morgan fingerprint density at radius 1 is 1.25 bits per heavy atom. The summed E-state index contributed by atoms with van der Waals surface area (Å²) in [7, 11) is 4.21. The fraction of sp³-hybridized carbons (Fsp3) is 0.571. The van der Waals surface area contributed by atoms with Crippen molar-refractivity contribution in [2.45, 2.75) is 19.9 Å². The minimum Gasteiger partial charge on any atom is -0.320 e. The Hall–Kier alpha value is -0.860. The number of rotatable bonds is 7. The summed E-state index contributed by atoms with van der Waals surface area (Å²) >= 11 is 0. The van der Waals surface area contributed by atoms with E-state index in [1.807, 2.05) is 7.05 Å². The molecule has 0 aliphatic carbocycles. The summed E-state index contributed by atoms with van der Waals surface area (Å²) in [6.07, 6.45) is 1.25. The van der Waals surface area contributed by atoms with E-state index in [-0.39, 0.29) is 0 Å². The molecule has 0 heterocycles. The summed E-state index contributed by atoms with van der Waals surface area (Å²) in [5.74, 6) is 0.751. The van der Waals surface area contributed by atoms with Crippen molar-refractivity contribution in [3.8, 4) is 0 Å². The first-order valence-electron chi connectivity index (χ1n) is 6.09. The Morgan fingerprint density at radius 2 is 1.94 bits per heavy atom. The van der Waals surface area contributed by atoms with E-state index in [9.17, 15) is 0 Å². The van der Waals surface area contributed by atoms with Crippen molar-refractivity contribution < 1.29 is 0 Å². The van der Waals surface area contributed by atoms with Crippen molar-refractivity contribution in [3.63, 3.8) is 0 Å². The molecule has 1 aromatic rings. The summed E-state index contributed by atoms with van der Waals surface area (Å²) in [6, 6.07) is 10.7. The predicted molar refractivity (Wildman–Crippen MR) is 70.5 cm³/mol. The molecular formula is C14H24N2. The predicted octanol–water partition coefficient (Wildman–Crippen LogP) is 2.36. The van der Waals surface area contributed by atoms with Crippen molar-refractivity contribution in [1.29, 1.82) is 0 Å². The lowest BCUT2D eigenvalue weighted by molar-refractivity contribution is 0.271. The number of hydrogen-bond acceptors (Lipinski definition) is 2. The molecule has 1 N–H and O–H groups in total. The van der Waals surface area contributed by atoms with Gasteiger partial charge in [-0.25, -0.2) is 0 Å². The molecule has 0 aliphatic heterocycles. The van der Waals surface area contributed by atoms with E-state index in [1.54, 1.807) is 0 Å². The van der Waals surface area contributed by atoms with Gasteiger partial charge in [0.05, 0.1) is 0 Å². The smallest absolute Gasteiger partial charge is 0.0230 e. The van der Waals surface area contributed by atoms with Crippen LogP contribution < -0.4 is 5.32 Å². The van der Waals surface area contributed by atoms with Crippen LogP contribution in [-0.4, -0.2) is 32.1 Å². The van der Waals surface area contributed by atoms with E-state index in [0.29, 0.717) is 0 Å². The van der Waals surface area contributed by atoms with E-state index in [4.69, 9.17) is 0 Å². The number of benzene rings is 1. The molecule has 0 saturated heterocycles. The average molecular weight is 220 g/mol. The molecule has 90 valence electrons. The second kappa shape index (κ2) is 7.42. The van der Waals surface area contributed by atoms with Gasteiger partial charge in [-0.2, -0.15) is 0 Å². The first kappa shape index (κ1) is 13.2. The maximum atomic E-state index is 3.20. The zero-order valence-corrected chi connectivity index (χ0v) is 10.7. The summed E-state index contributed by atoms with van der Waals surface area (Å²) in [4.78, 5) is 2.40. The fourth-order valence-corrected chi connectivity index (χ4v) is 1.97. The van der Waals surface area contributed by atoms with Crippen LogP contribution in [0.2, 0.25) is 0 Å². The van der Waals surface area contributed by atoms with Crippen LogP contribution in [0.3, 0.4) is 0 Å². The van der Waals surface area contributed by atoms with Gasteiger partial charge in [0.25, 0.3) is 0 Å². The van der Waals surface area contributed by atoms with Gasteiger partial charge in [-0.15, -0.1) is 0 Å². The van der Waals surface area contributed by atoms with Gasteiger partial charge >= 0.3 is 0 Å². The molecule has 1 unspecified atom stereocenters. The lowest BCUT2D eigenvalue weighted by Gasteiger charge is -2.21. The second-order valence-corrected chi connectivity index (χ2v) is 4.68. The number of nitrogens with one attached hydrogen (secondary N) is 1. The van der Waals surface area contributed by atoms with Gasteiger partial charge in [0, 0.05) is 13.1 Å². The molecule has 2 heteroatoms. The highest BCUT2D eigenvalue weighted by Gasteiger charge is 2.06. The lowest BCUT2D eigenvalue weighted by Crippen LogP contribution is -2.25. The van der Waals surface area contributed by atoms with Crippen LogP contribution in [0.5, 0.6) is 0 Å². The highest BCUT2D eigenvalue weighted by Crippen LogP contribution is 2.07. The van der Waals surface area contributed by atoms with Gasteiger partial charge < -0.3 is 10.2 Å². The largest absolute Gasteiger partial charge is 0.320 e. The third-order valence-corrected chi connectivity index (χ3v) is 2.81. The molecule has 0 fully saturated rings. The quantitative estimate of drug-likeness (QED) is 0.759. The molecule has 0 bridgehead atoms. The van der Waals surface area contributed by atoms with Gasteiger partial charge in [0.2, 0.25) is 0 Å². The number of nitrogens with zero attached hydrogens (tertiary/aromatic N) is 1. The molecule has 0 aromatic heterocycles. The van der Waals surface area contributed by atoms with Gasteiger partial charge in [0.1, 0.15) is 0 Å². The van der Waals surface area contributed by atoms with Crippen LogP contribution in [0.1, 0.15) is 18.9 Å². The second-order valence-electron chi connectivity index (χ2n) is 4.68. The molecule has 0 aliphatic rings. The SMILES string of the molecule is CNCCC(C)CN(C)Cc1ccccc1. The maximum absolute atomic E-state index is 3.20. The summed E-state index contributed by atoms with van der Waals surface area (Å²) < 4.78 is 0. The fourth-order valence-electron chi connectivity index (χ4n) is 1.97. The van der Waals surface area contributed by atoms with Crippen molar-refractivity contribution in [2.24, 2.45) is 5.92 Å². The zero-order valence-electron chi connectivity index (χ0n) is 10.7. The highest BCUT2D eigenvalue weighted by molar-refractivity contribution is 5.14. The lowest BCUT2D eigenvalue weighted by atomic mass is 10.1. The van der Waals surface area contributed by atoms with E-state index in [2.05, 4.69) is 54.5 Å². The molecule has 0 saturated carbocycles. The van der Waals surface area contributed by atoms with Crippen molar-refractivity contribution >= 4 is 0 Å². The van der Waals surface area contributed by atoms with Crippen LogP contribution in [0.15, 0.2) is 30.3 Å². The minimum atomic E-state index is 0.751. The molecule has 0 radical (unpaired) electrons. The molecule has 1 atom stereocenters. The maximum Gasteiger partial charge on any atom is 0.0230 e. The Morgan fingerprint density at radius 3 is 2.56 bits per heavy atom. The van der Waals surface area contributed by atoms with Crippen LogP contribution >= 0.6 is 0 Å². The van der Waals surface area contributed by atoms with E-state index >= 15 is 0 Å². The molecule has 0 spiro atoms. The van der Waals surface area contributed by atoms with E-state index < -0.39 is 0 Å². The Bertz CT molecular complexity index is 271. The van der Waals surface area contributed by atoms with Crippen molar-refractivity contribution in [1.82, 2.24) is 10.2 Å². The minimum absolute atomic E-state index is 0.751. The van der Waals surface area contributed by atoms with E-state index in [1.165, 1.54) is 12.0 Å². The average Bonchev–Trinajstić information content (AvgIpc) is 2.27. The Kier molecular flexibility index (Phi) is 6.12. The highest BCUT2D eigenvalue weighted by atomic mass is 15.1. The molecule has 16 heavy (non-hydrogen) atoms. The first-order chi connectivity index (χ1) is 7.72. The number of hydrogen-bond donors (Lipinski definition) is 1. The van der Waals surface area contributed by atoms with Gasteiger partial charge in [-0.05, 0) is 38.5 Å². The third-order valence-electron chi connectivity index (χ3n) is 2.81. The van der Waals surface area contributed by atoms with E-state index in [0.717, 1.165) is 25.6 Å². The third kappa shape index (κ3) is 5.29. The van der Waals surface area contributed by atoms with Gasteiger partial charge in [-0.3, -0.25) is 0 Å². The summed E-state index contributed by atoms with van der Waals surface area (Å²) in [5.41, 5.74) is 1.39. The van der Waals surface area contributed by atoms with Crippen LogP contribution in [0.25, 0.3) is 0 Å². The first-order valence-corrected chi connectivity index (χ1v) is 6.09. The molecule has 1 aromatic carbocycles. The van der Waals surface area contributed by atoms with Crippen LogP contribution in [0.4, 0.5) is 0 Å². The normalized spacial score (nSPS) is 13.0. The summed E-state index contributed by atoms with van der Waals surface area (Å²) in [5, 5.41) is 3.20. The van der Waals surface area contributed by atoms with Crippen molar-refractivity contribution in [3.05, 3.63) is 35.9 Å². The Labute approximate surface area is 99.7 Å². The Balaban J connectivity index is 2.27. The standard InChI is InChI=1S/C14H24N2/c1-13(9-10-15-2)11-16(3)12-14-7-5-4-6-8-14/h4-8,13,15H,9-12H2,1-3H3. The monoisotopic (exact) mass is 220 g/mol. The zero-order chi connectivity index (χ0) is 11.8. The van der Waals surface area contributed by atoms with Crippen LogP contribution in [0, 0.1) is 5.92 Å². The van der Waals surface area contributed by atoms with Gasteiger partial charge in [0.15, 0.2) is 0 Å². The van der Waals surface area contributed by atoms with Gasteiger partial charge in [-0.1, -0.05) is 37.3 Å². The van der Waals surface area contributed by atoms with Crippen LogP contribution in [-0.2, 0) is 6.54 Å².